The molecule has 6 rings (SSSR count). The van der Waals surface area contributed by atoms with Crippen LogP contribution in [0.1, 0.15) is 37.9 Å². The normalized spacial score (nSPS) is 24.4. The van der Waals surface area contributed by atoms with Gasteiger partial charge in [-0.15, -0.1) is 0 Å². The number of ether oxygens (including phenoxy) is 1. The van der Waals surface area contributed by atoms with Crippen LogP contribution in [-0.2, 0) is 20.7 Å². The Hall–Kier alpha value is -3.97. The maximum absolute atomic E-state index is 13.7. The number of nitrogens with zero attached hydrogens (tertiary/aromatic N) is 1. The molecule has 3 atom stereocenters. The lowest BCUT2D eigenvalue weighted by atomic mass is 9.77. The van der Waals surface area contributed by atoms with Gasteiger partial charge in [-0.2, -0.15) is 0 Å². The van der Waals surface area contributed by atoms with Crippen LogP contribution in [-0.4, -0.2) is 40.4 Å². The van der Waals surface area contributed by atoms with Crippen molar-refractivity contribution in [1.29, 1.82) is 0 Å². The van der Waals surface area contributed by atoms with Crippen LogP contribution in [0.4, 0.5) is 4.39 Å². The van der Waals surface area contributed by atoms with E-state index in [0.29, 0.717) is 12.0 Å². The van der Waals surface area contributed by atoms with Crippen molar-refractivity contribution in [3.63, 3.8) is 0 Å². The molecule has 2 saturated heterocycles. The minimum atomic E-state index is -2.06. The van der Waals surface area contributed by atoms with Crippen molar-refractivity contribution in [1.82, 2.24) is 4.90 Å². The molecule has 6 nitrogen and oxygen atoms in total. The van der Waals surface area contributed by atoms with E-state index in [0.717, 1.165) is 10.5 Å². The first-order valence-corrected chi connectivity index (χ1v) is 11.4. The molecule has 3 aliphatic rings. The molecule has 3 aromatic rings. The minimum Gasteiger partial charge on any atom is -0.349 e. The number of hydrogen-bond acceptors (Lipinski definition) is 5. The molecule has 174 valence electrons. The number of Topliss-reactive ketones (excluding diaryl/α,β-unsaturated/α-hetero) is 2. The third-order valence-corrected chi connectivity index (χ3v) is 7.28. The largest absolute Gasteiger partial charge is 0.349 e. The Balaban J connectivity index is 1.41. The average molecular weight is 469 g/mol. The summed E-state index contributed by atoms with van der Waals surface area (Å²) >= 11 is 0. The predicted molar refractivity (Wildman–Crippen MR) is 122 cm³/mol. The number of likely N-dealkylation sites (tertiary alicyclic amines) is 1. The number of imide groups is 1. The standard InChI is InChI=1S/C28H20FNO5/c29-18-12-10-16(11-13-18)14-15-30-26(33)21-22(27(30)34)28(35-23(21)17-6-2-1-3-7-17)24(31)19-8-4-5-9-20(19)25(28)32/h1-13,21-23H,14-15H2/t21-,22+,23+/m1/s1. The molecule has 2 amide bonds. The molecule has 0 unspecified atom stereocenters. The van der Waals surface area contributed by atoms with Gasteiger partial charge >= 0.3 is 0 Å². The third kappa shape index (κ3) is 2.98. The van der Waals surface area contributed by atoms with Crippen LogP contribution in [0, 0.1) is 17.7 Å². The fraction of sp³-hybridized carbons (Fsp3) is 0.214. The van der Waals surface area contributed by atoms with Gasteiger partial charge in [-0.05, 0) is 29.7 Å². The summed E-state index contributed by atoms with van der Waals surface area (Å²) in [5.41, 5.74) is -0.274. The van der Waals surface area contributed by atoms with E-state index in [2.05, 4.69) is 0 Å². The van der Waals surface area contributed by atoms with Crippen LogP contribution in [0.3, 0.4) is 0 Å². The van der Waals surface area contributed by atoms with Crippen molar-refractivity contribution in [2.45, 2.75) is 18.1 Å². The van der Waals surface area contributed by atoms with Crippen molar-refractivity contribution in [2.24, 2.45) is 11.8 Å². The molecule has 0 N–H and O–H groups in total. The molecular weight excluding hydrogens is 449 g/mol. The second-order valence-electron chi connectivity index (χ2n) is 9.10. The van der Waals surface area contributed by atoms with Gasteiger partial charge in [0.05, 0.1) is 17.9 Å². The molecule has 0 bridgehead atoms. The summed E-state index contributed by atoms with van der Waals surface area (Å²) in [5, 5.41) is 0. The van der Waals surface area contributed by atoms with E-state index in [-0.39, 0.29) is 23.5 Å². The Morgan fingerprint density at radius 1 is 0.771 bits per heavy atom. The van der Waals surface area contributed by atoms with E-state index in [1.165, 1.54) is 12.1 Å². The lowest BCUT2D eigenvalue weighted by Crippen LogP contribution is -2.51. The monoisotopic (exact) mass is 469 g/mol. The lowest BCUT2D eigenvalue weighted by molar-refractivity contribution is -0.144. The molecule has 1 spiro atoms. The van der Waals surface area contributed by atoms with Gasteiger partial charge in [0.2, 0.25) is 29.0 Å². The minimum absolute atomic E-state index is 0.0587. The van der Waals surface area contributed by atoms with Crippen molar-refractivity contribution < 1.29 is 28.3 Å². The maximum atomic E-state index is 13.7. The maximum Gasteiger partial charge on any atom is 0.237 e. The summed E-state index contributed by atoms with van der Waals surface area (Å²) in [6.07, 6.45) is -0.598. The highest BCUT2D eigenvalue weighted by Crippen LogP contribution is 2.57. The second kappa shape index (κ2) is 7.78. The number of amides is 2. The SMILES string of the molecule is O=C1[C@@H]2[C@@H](C(=O)N1CCc1ccc(F)cc1)C1(O[C@H]2c2ccccc2)C(=O)c2ccccc2C1=O. The number of benzene rings is 3. The second-order valence-corrected chi connectivity index (χ2v) is 9.10. The van der Waals surface area contributed by atoms with Gasteiger partial charge in [0.1, 0.15) is 5.82 Å². The number of carbonyl (C=O) groups excluding carboxylic acids is 4. The molecule has 2 aliphatic heterocycles. The summed E-state index contributed by atoms with van der Waals surface area (Å²) in [4.78, 5) is 55.8. The Kier molecular flexibility index (Phi) is 4.79. The number of fused-ring (bicyclic) bond motifs is 3. The predicted octanol–water partition coefficient (Wildman–Crippen LogP) is 3.56. The number of rotatable bonds is 4. The highest BCUT2D eigenvalue weighted by Gasteiger charge is 2.74. The molecule has 2 heterocycles. The molecule has 0 saturated carbocycles. The van der Waals surface area contributed by atoms with E-state index in [1.807, 2.05) is 6.07 Å². The first-order chi connectivity index (χ1) is 16.9. The molecular formula is C28H20FNO5. The molecule has 0 aromatic heterocycles. The first-order valence-electron chi connectivity index (χ1n) is 11.4. The van der Waals surface area contributed by atoms with Crippen LogP contribution < -0.4 is 0 Å². The van der Waals surface area contributed by atoms with Crippen molar-refractivity contribution >= 4 is 23.4 Å². The molecule has 35 heavy (non-hydrogen) atoms. The van der Waals surface area contributed by atoms with Crippen molar-refractivity contribution in [2.75, 3.05) is 6.54 Å². The summed E-state index contributed by atoms with van der Waals surface area (Å²) in [6.45, 7) is 0.0587. The quantitative estimate of drug-likeness (QED) is 0.431. The summed E-state index contributed by atoms with van der Waals surface area (Å²) < 4.78 is 19.5. The molecule has 0 radical (unpaired) electrons. The Bertz CT molecular complexity index is 1350. The van der Waals surface area contributed by atoms with Crippen LogP contribution in [0.5, 0.6) is 0 Å². The van der Waals surface area contributed by atoms with Crippen molar-refractivity contribution in [3.05, 3.63) is 107 Å². The number of halogens is 1. The van der Waals surface area contributed by atoms with Gasteiger partial charge in [0.25, 0.3) is 0 Å². The van der Waals surface area contributed by atoms with E-state index >= 15 is 0 Å². The van der Waals surface area contributed by atoms with Gasteiger partial charge in [0.15, 0.2) is 0 Å². The Morgan fingerprint density at radius 3 is 2.00 bits per heavy atom. The third-order valence-electron chi connectivity index (χ3n) is 7.28. The van der Waals surface area contributed by atoms with Gasteiger partial charge in [-0.25, -0.2) is 4.39 Å². The smallest absolute Gasteiger partial charge is 0.237 e. The Labute approximate surface area is 200 Å². The van der Waals surface area contributed by atoms with Gasteiger partial charge in [-0.1, -0.05) is 66.7 Å². The van der Waals surface area contributed by atoms with Crippen LogP contribution in [0.2, 0.25) is 0 Å². The van der Waals surface area contributed by atoms with E-state index < -0.39 is 46.9 Å². The topological polar surface area (TPSA) is 80.8 Å². The molecule has 7 heteroatoms. The van der Waals surface area contributed by atoms with Crippen LogP contribution in [0.25, 0.3) is 0 Å². The zero-order valence-electron chi connectivity index (χ0n) is 18.5. The van der Waals surface area contributed by atoms with Gasteiger partial charge in [-0.3, -0.25) is 24.1 Å². The van der Waals surface area contributed by atoms with Gasteiger partial charge in [0, 0.05) is 17.7 Å². The fourth-order valence-corrected chi connectivity index (χ4v) is 5.63. The Morgan fingerprint density at radius 2 is 1.37 bits per heavy atom. The fourth-order valence-electron chi connectivity index (χ4n) is 5.63. The zero-order valence-corrected chi connectivity index (χ0v) is 18.5. The average Bonchev–Trinajstić information content (AvgIpc) is 3.44. The highest BCUT2D eigenvalue weighted by molar-refractivity contribution is 6.35. The van der Waals surface area contributed by atoms with Gasteiger partial charge < -0.3 is 4.74 Å². The molecule has 2 fully saturated rings. The summed E-state index contributed by atoms with van der Waals surface area (Å²) in [6, 6.07) is 21.1. The lowest BCUT2D eigenvalue weighted by Gasteiger charge is -2.27. The first kappa shape index (κ1) is 21.6. The highest BCUT2D eigenvalue weighted by atomic mass is 19.1. The number of ketones is 2. The summed E-state index contributed by atoms with van der Waals surface area (Å²) in [7, 11) is 0. The van der Waals surface area contributed by atoms with E-state index in [1.54, 1.807) is 60.7 Å². The molecule has 1 aliphatic carbocycles. The molecule has 3 aromatic carbocycles. The van der Waals surface area contributed by atoms with Crippen molar-refractivity contribution in [3.8, 4) is 0 Å². The zero-order chi connectivity index (χ0) is 24.3. The summed E-state index contributed by atoms with van der Waals surface area (Å²) in [5.74, 6) is -4.83. The number of carbonyl (C=O) groups is 4. The van der Waals surface area contributed by atoms with Crippen LogP contribution >= 0.6 is 0 Å². The number of hydrogen-bond donors (Lipinski definition) is 0. The van der Waals surface area contributed by atoms with E-state index in [4.69, 9.17) is 4.74 Å². The van der Waals surface area contributed by atoms with E-state index in [9.17, 15) is 23.6 Å². The van der Waals surface area contributed by atoms with Crippen LogP contribution in [0.15, 0.2) is 78.9 Å².